The lowest BCUT2D eigenvalue weighted by Crippen LogP contribution is -2.10. The first-order valence-corrected chi connectivity index (χ1v) is 9.20. The van der Waals surface area contributed by atoms with Gasteiger partial charge in [-0.25, -0.2) is 9.59 Å². The third-order valence-corrected chi connectivity index (χ3v) is 4.24. The molecule has 0 radical (unpaired) electrons. The van der Waals surface area contributed by atoms with E-state index in [1.807, 2.05) is 0 Å². The van der Waals surface area contributed by atoms with Crippen LogP contribution in [0.2, 0.25) is 5.02 Å². The fourth-order valence-electron chi connectivity index (χ4n) is 2.71. The molecule has 3 aromatic rings. The van der Waals surface area contributed by atoms with Gasteiger partial charge in [0.15, 0.2) is 0 Å². The fourth-order valence-corrected chi connectivity index (χ4v) is 2.84. The van der Waals surface area contributed by atoms with Gasteiger partial charge in [-0.2, -0.15) is 0 Å². The van der Waals surface area contributed by atoms with Crippen molar-refractivity contribution < 1.29 is 19.1 Å². The van der Waals surface area contributed by atoms with Gasteiger partial charge < -0.3 is 14.8 Å². The Morgan fingerprint density at radius 3 is 2.36 bits per heavy atom. The number of aromatic nitrogens is 1. The minimum Gasteiger partial charge on any atom is -0.462 e. The number of carbonyl (C=O) groups is 2. The number of carbonyl (C=O) groups excluding carboxylic acids is 2. The predicted molar refractivity (Wildman–Crippen MR) is 108 cm³/mol. The molecule has 0 saturated heterocycles. The van der Waals surface area contributed by atoms with E-state index >= 15 is 0 Å². The number of hydrogen-bond donors (Lipinski definition) is 1. The molecule has 6 nitrogen and oxygen atoms in total. The Bertz CT molecular complexity index is 1010. The number of pyridine rings is 1. The molecule has 3 rings (SSSR count). The summed E-state index contributed by atoms with van der Waals surface area (Å²) in [6, 6.07) is 12.1. The first-order valence-electron chi connectivity index (χ1n) is 8.83. The zero-order valence-corrected chi connectivity index (χ0v) is 16.2. The van der Waals surface area contributed by atoms with E-state index in [9.17, 15) is 9.59 Å². The minimum atomic E-state index is -0.505. The Morgan fingerprint density at radius 2 is 1.68 bits per heavy atom. The third-order valence-electron chi connectivity index (χ3n) is 3.99. The highest BCUT2D eigenvalue weighted by molar-refractivity contribution is 6.30. The van der Waals surface area contributed by atoms with Gasteiger partial charge in [-0.3, -0.25) is 4.98 Å². The molecule has 0 aliphatic carbocycles. The number of esters is 2. The lowest BCUT2D eigenvalue weighted by Gasteiger charge is -2.15. The Balaban J connectivity index is 2.16. The van der Waals surface area contributed by atoms with Crippen LogP contribution in [0, 0.1) is 0 Å². The zero-order valence-electron chi connectivity index (χ0n) is 15.5. The van der Waals surface area contributed by atoms with Crippen molar-refractivity contribution in [2.45, 2.75) is 13.8 Å². The van der Waals surface area contributed by atoms with Gasteiger partial charge in [0.2, 0.25) is 0 Å². The zero-order chi connectivity index (χ0) is 20.1. The van der Waals surface area contributed by atoms with Crippen molar-refractivity contribution in [3.63, 3.8) is 0 Å². The number of nitrogens with one attached hydrogen (secondary N) is 1. The van der Waals surface area contributed by atoms with Crippen molar-refractivity contribution in [2.24, 2.45) is 0 Å². The molecule has 28 heavy (non-hydrogen) atoms. The molecule has 1 aromatic heterocycles. The molecule has 0 aliphatic heterocycles. The molecule has 7 heteroatoms. The van der Waals surface area contributed by atoms with Crippen LogP contribution < -0.4 is 5.32 Å². The molecule has 1 N–H and O–H groups in total. The monoisotopic (exact) mass is 398 g/mol. The van der Waals surface area contributed by atoms with Crippen LogP contribution in [0.3, 0.4) is 0 Å². The van der Waals surface area contributed by atoms with Crippen LogP contribution >= 0.6 is 11.6 Å². The SMILES string of the molecule is CCOC(=O)c1ccc2ncc(C(=O)OCC)c(Nc3ccc(Cl)cc3)c2c1. The van der Waals surface area contributed by atoms with E-state index in [1.54, 1.807) is 56.3 Å². The van der Waals surface area contributed by atoms with Crippen LogP contribution in [0.25, 0.3) is 10.9 Å². The van der Waals surface area contributed by atoms with Crippen LogP contribution in [-0.2, 0) is 9.47 Å². The summed E-state index contributed by atoms with van der Waals surface area (Å²) in [4.78, 5) is 28.9. The molecule has 0 spiro atoms. The number of benzene rings is 2. The van der Waals surface area contributed by atoms with Crippen LogP contribution in [0.4, 0.5) is 11.4 Å². The molecule has 144 valence electrons. The topological polar surface area (TPSA) is 77.5 Å². The summed E-state index contributed by atoms with van der Waals surface area (Å²) in [5.41, 5.74) is 2.49. The third kappa shape index (κ3) is 4.23. The predicted octanol–water partition coefficient (Wildman–Crippen LogP) is 4.99. The molecule has 0 unspecified atom stereocenters. The van der Waals surface area contributed by atoms with Gasteiger partial charge in [0.1, 0.15) is 5.56 Å². The number of halogens is 1. The van der Waals surface area contributed by atoms with E-state index in [0.717, 1.165) is 5.69 Å². The van der Waals surface area contributed by atoms with Crippen molar-refractivity contribution in [3.05, 3.63) is 64.8 Å². The van der Waals surface area contributed by atoms with E-state index in [-0.39, 0.29) is 18.8 Å². The van der Waals surface area contributed by atoms with Gasteiger partial charge >= 0.3 is 11.9 Å². The molecular formula is C21H19ClN2O4. The molecule has 0 atom stereocenters. The first-order chi connectivity index (χ1) is 13.5. The minimum absolute atomic E-state index is 0.236. The summed E-state index contributed by atoms with van der Waals surface area (Å²) in [5, 5.41) is 4.43. The van der Waals surface area contributed by atoms with Gasteiger partial charge in [0.05, 0.1) is 30.0 Å². The number of fused-ring (bicyclic) bond motifs is 1. The molecule has 0 bridgehead atoms. The summed E-state index contributed by atoms with van der Waals surface area (Å²) in [6.07, 6.45) is 1.46. The van der Waals surface area contributed by atoms with Gasteiger partial charge in [0, 0.05) is 22.3 Å². The molecule has 1 heterocycles. The van der Waals surface area contributed by atoms with E-state index in [0.29, 0.717) is 27.2 Å². The van der Waals surface area contributed by atoms with Crippen LogP contribution in [0.1, 0.15) is 34.6 Å². The molecule has 0 aliphatic rings. The van der Waals surface area contributed by atoms with Crippen molar-refractivity contribution in [2.75, 3.05) is 18.5 Å². The first kappa shape index (κ1) is 19.6. The largest absolute Gasteiger partial charge is 0.462 e. The Labute approximate surface area is 167 Å². The van der Waals surface area contributed by atoms with E-state index < -0.39 is 11.9 Å². The van der Waals surface area contributed by atoms with Gasteiger partial charge in [-0.05, 0) is 56.3 Å². The quantitative estimate of drug-likeness (QED) is 0.589. The molecular weight excluding hydrogens is 380 g/mol. The summed E-state index contributed by atoms with van der Waals surface area (Å²) in [6.45, 7) is 3.98. The maximum Gasteiger partial charge on any atom is 0.341 e. The Kier molecular flexibility index (Phi) is 6.11. The van der Waals surface area contributed by atoms with Crippen molar-refractivity contribution >= 4 is 45.8 Å². The highest BCUT2D eigenvalue weighted by Crippen LogP contribution is 2.31. The number of ether oxygens (including phenoxy) is 2. The maximum atomic E-state index is 12.5. The van der Waals surface area contributed by atoms with Crippen LogP contribution in [0.15, 0.2) is 48.7 Å². The molecule has 0 fully saturated rings. The summed E-state index contributed by atoms with van der Waals surface area (Å²) < 4.78 is 10.2. The van der Waals surface area contributed by atoms with Gasteiger partial charge in [-0.1, -0.05) is 11.6 Å². The van der Waals surface area contributed by atoms with Crippen molar-refractivity contribution in [1.82, 2.24) is 4.98 Å². The van der Waals surface area contributed by atoms with Crippen molar-refractivity contribution in [1.29, 1.82) is 0 Å². The van der Waals surface area contributed by atoms with E-state index in [4.69, 9.17) is 21.1 Å². The second-order valence-corrected chi connectivity index (χ2v) is 6.29. The summed E-state index contributed by atoms with van der Waals surface area (Å²) in [7, 11) is 0. The number of anilines is 2. The molecule has 0 saturated carbocycles. The summed E-state index contributed by atoms with van der Waals surface area (Å²) >= 11 is 5.95. The fraction of sp³-hybridized carbons (Fsp3) is 0.190. The number of hydrogen-bond acceptors (Lipinski definition) is 6. The Hall–Kier alpha value is -3.12. The van der Waals surface area contributed by atoms with E-state index in [2.05, 4.69) is 10.3 Å². The smallest absolute Gasteiger partial charge is 0.341 e. The molecule has 2 aromatic carbocycles. The van der Waals surface area contributed by atoms with Gasteiger partial charge in [0.25, 0.3) is 0 Å². The average Bonchev–Trinajstić information content (AvgIpc) is 2.70. The normalized spacial score (nSPS) is 10.5. The second kappa shape index (κ2) is 8.71. The highest BCUT2D eigenvalue weighted by Gasteiger charge is 2.18. The standard InChI is InChI=1S/C21H19ClN2O4/c1-3-27-20(25)13-5-10-18-16(11-13)19(17(12-23-18)21(26)28-4-2)24-15-8-6-14(22)7-9-15/h5-12H,3-4H2,1-2H3,(H,23,24). The molecule has 0 amide bonds. The Morgan fingerprint density at radius 1 is 1.00 bits per heavy atom. The number of nitrogens with zero attached hydrogens (tertiary/aromatic N) is 1. The maximum absolute atomic E-state index is 12.5. The summed E-state index contributed by atoms with van der Waals surface area (Å²) in [5.74, 6) is -0.946. The highest BCUT2D eigenvalue weighted by atomic mass is 35.5. The van der Waals surface area contributed by atoms with E-state index in [1.165, 1.54) is 6.20 Å². The lowest BCUT2D eigenvalue weighted by molar-refractivity contribution is 0.0518. The van der Waals surface area contributed by atoms with Crippen molar-refractivity contribution in [3.8, 4) is 0 Å². The lowest BCUT2D eigenvalue weighted by atomic mass is 10.1. The van der Waals surface area contributed by atoms with Crippen LogP contribution in [0.5, 0.6) is 0 Å². The average molecular weight is 399 g/mol. The number of rotatable bonds is 6. The van der Waals surface area contributed by atoms with Crippen LogP contribution in [-0.4, -0.2) is 30.1 Å². The van der Waals surface area contributed by atoms with Gasteiger partial charge in [-0.15, -0.1) is 0 Å². The second-order valence-electron chi connectivity index (χ2n) is 5.85.